The molecule has 0 aromatic heterocycles. The van der Waals surface area contributed by atoms with Crippen molar-refractivity contribution < 1.29 is 18.8 Å². The molecule has 0 amide bonds. The predicted molar refractivity (Wildman–Crippen MR) is 173 cm³/mol. The first kappa shape index (κ1) is 32.2. The second-order valence-corrected chi connectivity index (χ2v) is 22.7. The number of fused-ring (bicyclic) bond motifs is 7. The van der Waals surface area contributed by atoms with Crippen LogP contribution in [0.4, 0.5) is 0 Å². The van der Waals surface area contributed by atoms with E-state index in [1.54, 1.807) is 7.11 Å². The van der Waals surface area contributed by atoms with Crippen molar-refractivity contribution >= 4 is 20.6 Å². The number of rotatable bonds is 5. The quantitative estimate of drug-likeness (QED) is 0.137. The van der Waals surface area contributed by atoms with Crippen molar-refractivity contribution in [1.82, 2.24) is 0 Å². The summed E-state index contributed by atoms with van der Waals surface area (Å²) in [6.07, 6.45) is 13.3. The molecule has 0 bridgehead atoms. The van der Waals surface area contributed by atoms with Crippen LogP contribution in [-0.2, 0) is 18.8 Å². The van der Waals surface area contributed by atoms with Crippen LogP contribution in [0.5, 0.6) is 0 Å². The van der Waals surface area contributed by atoms with E-state index in [9.17, 15) is 9.59 Å². The molecule has 0 aliphatic heterocycles. The summed E-state index contributed by atoms with van der Waals surface area (Å²) >= 11 is 0. The molecule has 0 heterocycles. The van der Waals surface area contributed by atoms with Crippen LogP contribution in [0.15, 0.2) is 23.3 Å². The summed E-state index contributed by atoms with van der Waals surface area (Å²) in [6.45, 7) is 26.9. The number of hydrogen-bond acceptors (Lipinski definition) is 4. The van der Waals surface area contributed by atoms with Crippen molar-refractivity contribution in [2.24, 2.45) is 56.7 Å². The van der Waals surface area contributed by atoms with E-state index < -0.39 is 13.7 Å². The predicted octanol–water partition coefficient (Wildman–Crippen LogP) is 9.16. The molecule has 5 heteroatoms. The van der Waals surface area contributed by atoms with Gasteiger partial charge in [0.25, 0.3) is 0 Å². The molecule has 42 heavy (non-hydrogen) atoms. The number of aldehydes is 1. The van der Waals surface area contributed by atoms with Crippen LogP contribution in [-0.4, -0.2) is 34.3 Å². The summed E-state index contributed by atoms with van der Waals surface area (Å²) in [5.41, 5.74) is 1.88. The highest BCUT2D eigenvalue weighted by atomic mass is 28.4. The molecular weight excluding hydrogens is 536 g/mol. The van der Waals surface area contributed by atoms with Gasteiger partial charge < -0.3 is 9.16 Å². The highest BCUT2D eigenvalue weighted by Crippen LogP contribution is 2.76. The fourth-order valence-electron chi connectivity index (χ4n) is 11.2. The number of hydrogen-bond donors (Lipinski definition) is 0. The second-order valence-electron chi connectivity index (χ2n) is 17.8. The zero-order chi connectivity index (χ0) is 31.3. The van der Waals surface area contributed by atoms with E-state index in [4.69, 9.17) is 9.16 Å². The van der Waals surface area contributed by atoms with Gasteiger partial charge in [0.2, 0.25) is 0 Å². The lowest BCUT2D eigenvalue weighted by Gasteiger charge is -2.69. The second kappa shape index (κ2) is 9.90. The molecule has 4 nitrogen and oxygen atoms in total. The van der Waals surface area contributed by atoms with Gasteiger partial charge >= 0.3 is 5.97 Å². The number of methoxy groups -OCH3 is 1. The number of carbonyl (C=O) groups is 2. The molecule has 0 radical (unpaired) electrons. The molecule has 5 aliphatic rings. The van der Waals surface area contributed by atoms with Crippen molar-refractivity contribution in [3.05, 3.63) is 23.3 Å². The number of carbonyl (C=O) groups excluding carboxylic acids is 2. The minimum atomic E-state index is -1.93. The van der Waals surface area contributed by atoms with Gasteiger partial charge in [-0.3, -0.25) is 9.59 Å². The van der Waals surface area contributed by atoms with E-state index in [-0.39, 0.29) is 38.6 Å². The summed E-state index contributed by atoms with van der Waals surface area (Å²) in [4.78, 5) is 26.5. The Bertz CT molecular complexity index is 1190. The number of allylic oxidation sites excluding steroid dienone is 3. The van der Waals surface area contributed by atoms with E-state index in [2.05, 4.69) is 87.6 Å². The summed E-state index contributed by atoms with van der Waals surface area (Å²) in [5, 5.41) is 0.154. The molecule has 0 saturated heterocycles. The fraction of sp³-hybridized carbons (Fsp3) is 0.838. The Kier molecular flexibility index (Phi) is 7.59. The smallest absolute Gasteiger partial charge is 0.312 e. The minimum Gasteiger partial charge on any atom is -0.469 e. The van der Waals surface area contributed by atoms with Gasteiger partial charge in [-0.15, -0.1) is 0 Å². The zero-order valence-electron chi connectivity index (χ0n) is 28.9. The molecule has 10 atom stereocenters. The van der Waals surface area contributed by atoms with Gasteiger partial charge in [-0.2, -0.15) is 0 Å². The molecule has 3 saturated carbocycles. The highest BCUT2D eigenvalue weighted by Gasteiger charge is 2.70. The molecule has 5 aliphatic carbocycles. The van der Waals surface area contributed by atoms with E-state index >= 15 is 0 Å². The average Bonchev–Trinajstić information content (AvgIpc) is 3.15. The summed E-state index contributed by atoms with van der Waals surface area (Å²) in [5.74, 6) is 2.06. The average molecular weight is 597 g/mol. The van der Waals surface area contributed by atoms with Crippen molar-refractivity contribution in [2.45, 2.75) is 125 Å². The molecule has 0 N–H and O–H groups in total. The Labute approximate surface area is 258 Å². The summed E-state index contributed by atoms with van der Waals surface area (Å²) < 4.78 is 12.4. The van der Waals surface area contributed by atoms with Gasteiger partial charge in [-0.25, -0.2) is 0 Å². The van der Waals surface area contributed by atoms with Gasteiger partial charge in [0, 0.05) is 17.4 Å². The topological polar surface area (TPSA) is 52.6 Å². The molecule has 3 fully saturated rings. The lowest BCUT2D eigenvalue weighted by molar-refractivity contribution is -0.177. The van der Waals surface area contributed by atoms with Crippen LogP contribution in [0.1, 0.15) is 107 Å². The van der Waals surface area contributed by atoms with Crippen LogP contribution >= 0.6 is 0 Å². The van der Waals surface area contributed by atoms with Crippen LogP contribution in [0, 0.1) is 56.7 Å². The minimum absolute atomic E-state index is 0.00201. The first-order valence-corrected chi connectivity index (χ1v) is 19.8. The van der Waals surface area contributed by atoms with E-state index in [0.29, 0.717) is 30.3 Å². The summed E-state index contributed by atoms with van der Waals surface area (Å²) in [6, 6.07) is 0. The standard InChI is InChI=1S/C37H60O4Si/c1-24-15-18-37(31(39)40-10)20-19-34(7)27(30(37)25(24)2)13-14-29-35(34,8)17-16-28-33(6,21-26(22-38)36(28,29)9)23-41-42(11,12)32(3,4)5/h13,21-22,24-25,28-30H,14-20,23H2,1-12H3/t24-,25+,28?,29?,30?,33?,34-,35-,36+,37?/m1/s1. The van der Waals surface area contributed by atoms with Crippen LogP contribution in [0.2, 0.25) is 18.1 Å². The third kappa shape index (κ3) is 4.06. The van der Waals surface area contributed by atoms with Gasteiger partial charge in [0.15, 0.2) is 8.32 Å². The maximum atomic E-state index is 13.6. The Morgan fingerprint density at radius 1 is 1.02 bits per heavy atom. The zero-order valence-corrected chi connectivity index (χ0v) is 29.9. The fourth-order valence-corrected chi connectivity index (χ4v) is 12.3. The monoisotopic (exact) mass is 596 g/mol. The summed E-state index contributed by atoms with van der Waals surface area (Å²) in [7, 11) is -0.349. The Hall–Kier alpha value is -1.20. The molecule has 0 aromatic rings. The first-order valence-electron chi connectivity index (χ1n) is 16.9. The lowest BCUT2D eigenvalue weighted by Crippen LogP contribution is -2.63. The highest BCUT2D eigenvalue weighted by molar-refractivity contribution is 6.74. The van der Waals surface area contributed by atoms with E-state index in [1.807, 2.05) is 0 Å². The van der Waals surface area contributed by atoms with Crippen molar-refractivity contribution in [3.63, 3.8) is 0 Å². The molecule has 5 unspecified atom stereocenters. The molecule has 0 spiro atoms. The van der Waals surface area contributed by atoms with Crippen LogP contribution in [0.25, 0.3) is 0 Å². The van der Waals surface area contributed by atoms with Crippen molar-refractivity contribution in [1.29, 1.82) is 0 Å². The Morgan fingerprint density at radius 3 is 2.29 bits per heavy atom. The number of ether oxygens (including phenoxy) is 1. The normalized spacial score (nSPS) is 46.8. The van der Waals surface area contributed by atoms with Crippen LogP contribution in [0.3, 0.4) is 0 Å². The molecule has 236 valence electrons. The van der Waals surface area contributed by atoms with Crippen molar-refractivity contribution in [2.75, 3.05) is 13.7 Å². The van der Waals surface area contributed by atoms with Crippen molar-refractivity contribution in [3.8, 4) is 0 Å². The number of esters is 1. The Morgan fingerprint density at radius 2 is 1.69 bits per heavy atom. The van der Waals surface area contributed by atoms with E-state index in [1.165, 1.54) is 11.9 Å². The largest absolute Gasteiger partial charge is 0.469 e. The SMILES string of the molecule is COC(=O)C12CC[C@@H](C)[C@H](C)C1C1=CCC3[C@@]4(C)C(C=O)=CC(C)(CO[Si](C)(C)C(C)(C)C)C4CC[C@@]3(C)[C@]1(C)CC2. The maximum absolute atomic E-state index is 13.6. The van der Waals surface area contributed by atoms with Gasteiger partial charge in [-0.1, -0.05) is 80.0 Å². The molecular formula is C37H60O4Si. The van der Waals surface area contributed by atoms with Gasteiger partial charge in [0.1, 0.15) is 6.29 Å². The Balaban J connectivity index is 1.56. The molecule has 5 rings (SSSR count). The third-order valence-electron chi connectivity index (χ3n) is 15.3. The third-order valence-corrected chi connectivity index (χ3v) is 19.8. The van der Waals surface area contributed by atoms with Crippen LogP contribution < -0.4 is 0 Å². The lowest BCUT2D eigenvalue weighted by atomic mass is 9.35. The van der Waals surface area contributed by atoms with Gasteiger partial charge in [0.05, 0.1) is 12.5 Å². The van der Waals surface area contributed by atoms with Gasteiger partial charge in [-0.05, 0) is 109 Å². The maximum Gasteiger partial charge on any atom is 0.312 e. The first-order chi connectivity index (χ1) is 19.3. The van der Waals surface area contributed by atoms with E-state index in [0.717, 1.165) is 50.5 Å². The molecule has 0 aromatic carbocycles.